The van der Waals surface area contributed by atoms with Crippen LogP contribution in [0, 0.1) is 11.8 Å². The molecule has 2 N–H and O–H groups in total. The molecule has 1 aromatic carbocycles. The number of rotatable bonds is 6. The lowest BCUT2D eigenvalue weighted by atomic mass is 9.95. The van der Waals surface area contributed by atoms with Gasteiger partial charge in [-0.25, -0.2) is 4.98 Å². The quantitative estimate of drug-likeness (QED) is 0.781. The molecule has 0 unspecified atom stereocenters. The van der Waals surface area contributed by atoms with Crippen molar-refractivity contribution in [2.75, 3.05) is 27.4 Å². The molecule has 152 valence electrons. The van der Waals surface area contributed by atoms with E-state index in [0.717, 1.165) is 11.3 Å². The fourth-order valence-corrected chi connectivity index (χ4v) is 4.02. The van der Waals surface area contributed by atoms with Crippen molar-refractivity contribution in [3.05, 3.63) is 58.9 Å². The van der Waals surface area contributed by atoms with Gasteiger partial charge in [0.1, 0.15) is 11.4 Å². The second-order valence-electron chi connectivity index (χ2n) is 7.57. The molecule has 2 aromatic rings. The van der Waals surface area contributed by atoms with Crippen molar-refractivity contribution in [1.82, 2.24) is 15.6 Å². The second-order valence-corrected chi connectivity index (χ2v) is 7.57. The summed E-state index contributed by atoms with van der Waals surface area (Å²) in [7, 11) is 3.17. The Morgan fingerprint density at radius 2 is 1.90 bits per heavy atom. The van der Waals surface area contributed by atoms with Crippen LogP contribution < -0.4 is 15.4 Å². The van der Waals surface area contributed by atoms with Gasteiger partial charge >= 0.3 is 0 Å². The van der Waals surface area contributed by atoms with E-state index in [1.807, 2.05) is 31.2 Å². The molecule has 1 aliphatic carbocycles. The van der Waals surface area contributed by atoms with E-state index in [1.54, 1.807) is 26.3 Å². The lowest BCUT2D eigenvalue weighted by molar-refractivity contribution is 0.0928. The van der Waals surface area contributed by atoms with Crippen LogP contribution in [0.25, 0.3) is 0 Å². The van der Waals surface area contributed by atoms with E-state index < -0.39 is 0 Å². The van der Waals surface area contributed by atoms with Crippen molar-refractivity contribution in [1.29, 1.82) is 0 Å². The standard InChI is InChI=1S/C22H25N3O4/c1-12(14-6-4-5-7-19(14)28-3)17-8-13(9-18(24-17)22(27)23-2)21(26)25-20-15-10-29-11-16(15)20/h4-9,12,15-16,20H,10-11H2,1-3H3,(H,23,27)(H,25,26)/t12-,15-,16+,20+/m1/s1. The highest BCUT2D eigenvalue weighted by atomic mass is 16.5. The van der Waals surface area contributed by atoms with Crippen molar-refractivity contribution in [3.63, 3.8) is 0 Å². The maximum absolute atomic E-state index is 12.9. The van der Waals surface area contributed by atoms with Gasteiger partial charge in [-0.15, -0.1) is 0 Å². The number of fused-ring (bicyclic) bond motifs is 1. The van der Waals surface area contributed by atoms with Crippen LogP contribution in [0.2, 0.25) is 0 Å². The third-order valence-electron chi connectivity index (χ3n) is 5.87. The van der Waals surface area contributed by atoms with Gasteiger partial charge in [-0.05, 0) is 18.2 Å². The van der Waals surface area contributed by atoms with E-state index in [1.165, 1.54) is 0 Å². The summed E-state index contributed by atoms with van der Waals surface area (Å²) in [5.41, 5.74) is 2.23. The normalized spacial score (nSPS) is 23.1. The average molecular weight is 395 g/mol. The van der Waals surface area contributed by atoms with Crippen LogP contribution in [0.4, 0.5) is 0 Å². The van der Waals surface area contributed by atoms with Gasteiger partial charge in [0.25, 0.3) is 11.8 Å². The average Bonchev–Trinajstić information content (AvgIpc) is 3.17. The maximum Gasteiger partial charge on any atom is 0.269 e. The van der Waals surface area contributed by atoms with E-state index in [4.69, 9.17) is 9.47 Å². The minimum Gasteiger partial charge on any atom is -0.496 e. The van der Waals surface area contributed by atoms with E-state index in [0.29, 0.717) is 36.3 Å². The highest BCUT2D eigenvalue weighted by Crippen LogP contribution is 2.44. The Bertz CT molecular complexity index is 935. The van der Waals surface area contributed by atoms with Gasteiger partial charge in [0.15, 0.2) is 0 Å². The molecule has 2 aliphatic rings. The fraction of sp³-hybridized carbons (Fsp3) is 0.409. The number of pyridine rings is 1. The number of amides is 2. The minimum absolute atomic E-state index is 0.156. The Balaban J connectivity index is 1.65. The molecule has 7 nitrogen and oxygen atoms in total. The number of ether oxygens (including phenoxy) is 2. The van der Waals surface area contributed by atoms with Gasteiger partial charge in [0, 0.05) is 47.7 Å². The van der Waals surface area contributed by atoms with E-state index in [9.17, 15) is 9.59 Å². The van der Waals surface area contributed by atoms with E-state index >= 15 is 0 Å². The van der Waals surface area contributed by atoms with Crippen molar-refractivity contribution in [2.45, 2.75) is 18.9 Å². The molecule has 4 rings (SSSR count). The van der Waals surface area contributed by atoms with Crippen LogP contribution in [-0.2, 0) is 4.74 Å². The highest BCUT2D eigenvalue weighted by Gasteiger charge is 2.54. The number of aromatic nitrogens is 1. The monoisotopic (exact) mass is 395 g/mol. The third-order valence-corrected chi connectivity index (χ3v) is 5.87. The van der Waals surface area contributed by atoms with Gasteiger partial charge < -0.3 is 20.1 Å². The first-order chi connectivity index (χ1) is 14.0. The molecule has 7 heteroatoms. The Labute approximate surface area is 169 Å². The summed E-state index contributed by atoms with van der Waals surface area (Å²) < 4.78 is 10.9. The van der Waals surface area contributed by atoms with Crippen LogP contribution in [0.1, 0.15) is 44.9 Å². The Morgan fingerprint density at radius 3 is 2.59 bits per heavy atom. The molecule has 0 radical (unpaired) electrons. The summed E-state index contributed by atoms with van der Waals surface area (Å²) in [5.74, 6) is 0.882. The van der Waals surface area contributed by atoms with Crippen molar-refractivity contribution in [3.8, 4) is 5.75 Å². The van der Waals surface area contributed by atoms with Gasteiger partial charge in [0.05, 0.1) is 20.3 Å². The molecule has 1 aromatic heterocycles. The first-order valence-electron chi connectivity index (χ1n) is 9.79. The number of hydrogen-bond acceptors (Lipinski definition) is 5. The molecule has 0 bridgehead atoms. The summed E-state index contributed by atoms with van der Waals surface area (Å²) >= 11 is 0. The van der Waals surface area contributed by atoms with Crippen LogP contribution in [-0.4, -0.2) is 50.2 Å². The second kappa shape index (κ2) is 7.83. The summed E-state index contributed by atoms with van der Waals surface area (Å²) in [5, 5.41) is 5.67. The van der Waals surface area contributed by atoms with Crippen molar-refractivity contribution in [2.24, 2.45) is 11.8 Å². The Hall–Kier alpha value is -2.93. The topological polar surface area (TPSA) is 89.6 Å². The molecule has 2 heterocycles. The lowest BCUT2D eigenvalue weighted by Gasteiger charge is -2.17. The number of hydrogen-bond donors (Lipinski definition) is 2. The number of benzene rings is 1. The zero-order valence-electron chi connectivity index (χ0n) is 16.8. The van der Waals surface area contributed by atoms with Gasteiger partial charge in [0.2, 0.25) is 0 Å². The lowest BCUT2D eigenvalue weighted by Crippen LogP contribution is -2.30. The molecule has 4 atom stereocenters. The molecule has 2 fully saturated rings. The van der Waals surface area contributed by atoms with Crippen LogP contribution in [0.3, 0.4) is 0 Å². The Morgan fingerprint density at radius 1 is 1.17 bits per heavy atom. The summed E-state index contributed by atoms with van der Waals surface area (Å²) in [6.07, 6.45) is 0. The molecule has 1 aliphatic heterocycles. The highest BCUT2D eigenvalue weighted by molar-refractivity contribution is 5.99. The van der Waals surface area contributed by atoms with E-state index in [2.05, 4.69) is 15.6 Å². The van der Waals surface area contributed by atoms with Gasteiger partial charge in [-0.2, -0.15) is 0 Å². The number of carbonyl (C=O) groups excluding carboxylic acids is 2. The molecule has 1 saturated heterocycles. The van der Waals surface area contributed by atoms with Crippen molar-refractivity contribution < 1.29 is 19.1 Å². The zero-order chi connectivity index (χ0) is 20.5. The van der Waals surface area contributed by atoms with Crippen molar-refractivity contribution >= 4 is 11.8 Å². The van der Waals surface area contributed by atoms with Crippen LogP contribution >= 0.6 is 0 Å². The fourth-order valence-electron chi connectivity index (χ4n) is 4.02. The minimum atomic E-state index is -0.329. The third kappa shape index (κ3) is 3.70. The number of methoxy groups -OCH3 is 1. The molecule has 1 saturated carbocycles. The molecule has 2 amide bonds. The first-order valence-corrected chi connectivity index (χ1v) is 9.79. The number of nitrogens with one attached hydrogen (secondary N) is 2. The Kier molecular flexibility index (Phi) is 5.24. The number of carbonyl (C=O) groups is 2. The summed E-state index contributed by atoms with van der Waals surface area (Å²) in [6, 6.07) is 11.1. The number of nitrogens with zero attached hydrogens (tertiary/aromatic N) is 1. The molecular weight excluding hydrogens is 370 g/mol. The van der Waals surface area contributed by atoms with Crippen LogP contribution in [0.15, 0.2) is 36.4 Å². The zero-order valence-corrected chi connectivity index (χ0v) is 16.8. The van der Waals surface area contributed by atoms with Crippen LogP contribution in [0.5, 0.6) is 5.75 Å². The SMILES string of the molecule is CNC(=O)c1cc(C(=O)N[C@H]2[C@@H]3COC[C@@H]32)cc([C@H](C)c2ccccc2OC)n1. The molecular formula is C22H25N3O4. The summed E-state index contributed by atoms with van der Waals surface area (Å²) in [6.45, 7) is 3.38. The predicted molar refractivity (Wildman–Crippen MR) is 107 cm³/mol. The maximum atomic E-state index is 12.9. The largest absolute Gasteiger partial charge is 0.496 e. The first kappa shape index (κ1) is 19.4. The smallest absolute Gasteiger partial charge is 0.269 e. The van der Waals surface area contributed by atoms with E-state index in [-0.39, 0.29) is 29.5 Å². The van der Waals surface area contributed by atoms with Gasteiger partial charge in [-0.3, -0.25) is 9.59 Å². The predicted octanol–water partition coefficient (Wildman–Crippen LogP) is 1.98. The summed E-state index contributed by atoms with van der Waals surface area (Å²) in [4.78, 5) is 29.7. The van der Waals surface area contributed by atoms with Gasteiger partial charge in [-0.1, -0.05) is 25.1 Å². The molecule has 0 spiro atoms. The molecule has 29 heavy (non-hydrogen) atoms. The number of para-hydroxylation sites is 1.